The van der Waals surface area contributed by atoms with E-state index in [1.165, 1.54) is 0 Å². The highest BCUT2D eigenvalue weighted by molar-refractivity contribution is 6.62. The van der Waals surface area contributed by atoms with E-state index < -0.39 is 18.3 Å². The van der Waals surface area contributed by atoms with Crippen molar-refractivity contribution in [2.24, 2.45) is 0 Å². The maximum Gasteiger partial charge on any atom is 0.518 e. The first-order valence-electron chi connectivity index (χ1n) is 8.37. The lowest BCUT2D eigenvalue weighted by Gasteiger charge is -2.32. The van der Waals surface area contributed by atoms with Crippen molar-refractivity contribution in [2.75, 3.05) is 0 Å². The van der Waals surface area contributed by atoms with Crippen LogP contribution in [0.2, 0.25) is 0 Å². The van der Waals surface area contributed by atoms with Crippen LogP contribution >= 0.6 is 0 Å². The molecular formula is C17H26BNO4. The number of rotatable bonds is 5. The van der Waals surface area contributed by atoms with Gasteiger partial charge in [-0.1, -0.05) is 0 Å². The maximum atomic E-state index is 6.10. The average molecular weight is 319 g/mol. The summed E-state index contributed by atoms with van der Waals surface area (Å²) in [5.74, 6) is 1.40. The number of ether oxygens (including phenoxy) is 2. The molecule has 0 aromatic carbocycles. The minimum Gasteiger partial charge on any atom is -0.490 e. The Balaban J connectivity index is 1.88. The van der Waals surface area contributed by atoms with E-state index >= 15 is 0 Å². The normalized spacial score (nSPS) is 22.5. The number of hydrogen-bond donors (Lipinski definition) is 0. The minimum atomic E-state index is -0.538. The Morgan fingerprint density at radius 2 is 1.78 bits per heavy atom. The van der Waals surface area contributed by atoms with Gasteiger partial charge < -0.3 is 18.8 Å². The first-order valence-corrected chi connectivity index (χ1v) is 8.37. The molecule has 5 nitrogen and oxygen atoms in total. The topological polar surface area (TPSA) is 49.8 Å². The van der Waals surface area contributed by atoms with Crippen LogP contribution in [-0.4, -0.2) is 35.5 Å². The van der Waals surface area contributed by atoms with Crippen molar-refractivity contribution < 1.29 is 18.8 Å². The number of nitrogens with zero attached hydrogens (tertiary/aromatic N) is 1. The van der Waals surface area contributed by atoms with E-state index in [-0.39, 0.29) is 6.10 Å². The van der Waals surface area contributed by atoms with Gasteiger partial charge in [0.2, 0.25) is 0 Å². The van der Waals surface area contributed by atoms with Gasteiger partial charge in [-0.25, -0.2) is 0 Å². The van der Waals surface area contributed by atoms with Crippen LogP contribution in [0.4, 0.5) is 0 Å². The standard InChI is InChI=1S/C17H26BNO4/c1-11(2)20-14-9-13(21-12-7-8-12)10-19-15(14)18-22-16(3,4)17(5,6)23-18/h9-12H,7-8H2,1-6H3. The molecule has 0 spiro atoms. The summed E-state index contributed by atoms with van der Waals surface area (Å²) in [5, 5.41) is 0. The van der Waals surface area contributed by atoms with Crippen molar-refractivity contribution in [3.8, 4) is 11.5 Å². The zero-order valence-corrected chi connectivity index (χ0v) is 14.9. The molecule has 23 heavy (non-hydrogen) atoms. The molecule has 3 rings (SSSR count). The molecule has 1 aliphatic carbocycles. The van der Waals surface area contributed by atoms with E-state index in [9.17, 15) is 0 Å². The molecule has 1 saturated carbocycles. The molecule has 126 valence electrons. The van der Waals surface area contributed by atoms with Crippen LogP contribution in [-0.2, 0) is 9.31 Å². The summed E-state index contributed by atoms with van der Waals surface area (Å²) in [6.07, 6.45) is 4.31. The van der Waals surface area contributed by atoms with Crippen molar-refractivity contribution in [2.45, 2.75) is 77.8 Å². The summed E-state index contributed by atoms with van der Waals surface area (Å²) in [6, 6.07) is 1.89. The summed E-state index contributed by atoms with van der Waals surface area (Å²) in [5.41, 5.74) is -0.143. The van der Waals surface area contributed by atoms with Gasteiger partial charge in [0, 0.05) is 6.07 Å². The van der Waals surface area contributed by atoms with Crippen molar-refractivity contribution in [3.05, 3.63) is 12.3 Å². The summed E-state index contributed by atoms with van der Waals surface area (Å²) in [6.45, 7) is 12.1. The summed E-state index contributed by atoms with van der Waals surface area (Å²) in [7, 11) is -0.538. The Kier molecular flexibility index (Phi) is 4.09. The smallest absolute Gasteiger partial charge is 0.490 e. The van der Waals surface area contributed by atoms with Gasteiger partial charge in [-0.3, -0.25) is 4.98 Å². The van der Waals surface area contributed by atoms with Crippen molar-refractivity contribution in [1.29, 1.82) is 0 Å². The Morgan fingerprint density at radius 1 is 1.17 bits per heavy atom. The molecule has 0 bridgehead atoms. The fraction of sp³-hybridized carbons (Fsp3) is 0.706. The van der Waals surface area contributed by atoms with E-state index in [4.69, 9.17) is 18.8 Å². The van der Waals surface area contributed by atoms with E-state index in [1.807, 2.05) is 47.6 Å². The van der Waals surface area contributed by atoms with Gasteiger partial charge in [-0.2, -0.15) is 0 Å². The molecule has 0 atom stereocenters. The molecule has 0 radical (unpaired) electrons. The van der Waals surface area contributed by atoms with Gasteiger partial charge in [-0.05, 0) is 54.4 Å². The van der Waals surface area contributed by atoms with Crippen molar-refractivity contribution >= 4 is 12.7 Å². The molecule has 0 amide bonds. The molecule has 6 heteroatoms. The van der Waals surface area contributed by atoms with Crippen LogP contribution in [0.1, 0.15) is 54.4 Å². The molecule has 1 aromatic heterocycles. The lowest BCUT2D eigenvalue weighted by Crippen LogP contribution is -2.41. The molecular weight excluding hydrogens is 293 g/mol. The molecule has 1 saturated heterocycles. The molecule has 1 aromatic rings. The second-order valence-electron chi connectivity index (χ2n) is 7.63. The molecule has 0 N–H and O–H groups in total. The zero-order chi connectivity index (χ0) is 16.8. The van der Waals surface area contributed by atoms with Crippen LogP contribution < -0.4 is 15.1 Å². The van der Waals surface area contributed by atoms with Gasteiger partial charge >= 0.3 is 7.12 Å². The van der Waals surface area contributed by atoms with Crippen LogP contribution in [0.25, 0.3) is 0 Å². The van der Waals surface area contributed by atoms with Gasteiger partial charge in [0.25, 0.3) is 0 Å². The fourth-order valence-electron chi connectivity index (χ4n) is 2.36. The van der Waals surface area contributed by atoms with E-state index in [0.29, 0.717) is 17.4 Å². The number of hydrogen-bond acceptors (Lipinski definition) is 5. The number of pyridine rings is 1. The first-order chi connectivity index (χ1) is 10.7. The minimum absolute atomic E-state index is 0.0362. The molecule has 2 heterocycles. The molecule has 2 aliphatic rings. The van der Waals surface area contributed by atoms with E-state index in [0.717, 1.165) is 18.6 Å². The fourth-order valence-corrected chi connectivity index (χ4v) is 2.36. The third-order valence-electron chi connectivity index (χ3n) is 4.52. The monoisotopic (exact) mass is 319 g/mol. The van der Waals surface area contributed by atoms with E-state index in [2.05, 4.69) is 4.98 Å². The second kappa shape index (κ2) is 5.67. The Morgan fingerprint density at radius 3 is 2.30 bits per heavy atom. The van der Waals surface area contributed by atoms with Gasteiger partial charge in [0.15, 0.2) is 0 Å². The molecule has 2 fully saturated rings. The van der Waals surface area contributed by atoms with Crippen molar-refractivity contribution in [1.82, 2.24) is 4.98 Å². The van der Waals surface area contributed by atoms with Crippen LogP contribution in [0, 0.1) is 0 Å². The summed E-state index contributed by atoms with van der Waals surface area (Å²) < 4.78 is 24.0. The predicted molar refractivity (Wildman–Crippen MR) is 89.4 cm³/mol. The molecule has 0 unspecified atom stereocenters. The summed E-state index contributed by atoms with van der Waals surface area (Å²) >= 11 is 0. The highest BCUT2D eigenvalue weighted by Crippen LogP contribution is 2.37. The third-order valence-corrected chi connectivity index (χ3v) is 4.52. The first kappa shape index (κ1) is 16.6. The Hall–Kier alpha value is -1.27. The third kappa shape index (κ3) is 3.48. The largest absolute Gasteiger partial charge is 0.518 e. The van der Waals surface area contributed by atoms with Crippen molar-refractivity contribution in [3.63, 3.8) is 0 Å². The average Bonchev–Trinajstić information content (AvgIpc) is 3.16. The molecule has 1 aliphatic heterocycles. The van der Waals surface area contributed by atoms with Gasteiger partial charge in [0.1, 0.15) is 17.1 Å². The van der Waals surface area contributed by atoms with Crippen LogP contribution in [0.5, 0.6) is 11.5 Å². The highest BCUT2D eigenvalue weighted by Gasteiger charge is 2.53. The SMILES string of the molecule is CC(C)Oc1cc(OC2CC2)cnc1B1OC(C)(C)C(C)(C)O1. The predicted octanol–water partition coefficient (Wildman–Crippen LogP) is 2.71. The zero-order valence-electron chi connectivity index (χ0n) is 14.9. The number of aromatic nitrogens is 1. The second-order valence-corrected chi connectivity index (χ2v) is 7.63. The Bertz CT molecular complexity index is 568. The quantitative estimate of drug-likeness (QED) is 0.781. The maximum absolute atomic E-state index is 6.10. The lowest BCUT2D eigenvalue weighted by atomic mass is 9.83. The summed E-state index contributed by atoms with van der Waals surface area (Å²) in [4.78, 5) is 4.53. The highest BCUT2D eigenvalue weighted by atomic mass is 16.7. The van der Waals surface area contributed by atoms with Crippen LogP contribution in [0.15, 0.2) is 12.3 Å². The van der Waals surface area contributed by atoms with Gasteiger partial charge in [0.05, 0.1) is 29.6 Å². The lowest BCUT2D eigenvalue weighted by molar-refractivity contribution is 0.00578. The Labute approximate surface area is 138 Å². The van der Waals surface area contributed by atoms with E-state index in [1.54, 1.807) is 6.20 Å². The van der Waals surface area contributed by atoms with Crippen LogP contribution in [0.3, 0.4) is 0 Å². The van der Waals surface area contributed by atoms with Gasteiger partial charge in [-0.15, -0.1) is 0 Å².